The van der Waals surface area contributed by atoms with E-state index in [0.717, 1.165) is 42.2 Å². The number of nitrogens with zero attached hydrogens (tertiary/aromatic N) is 1. The van der Waals surface area contributed by atoms with Gasteiger partial charge in [-0.15, -0.1) is 11.3 Å². The van der Waals surface area contributed by atoms with Gasteiger partial charge in [-0.1, -0.05) is 30.3 Å². The Balaban J connectivity index is 1.43. The minimum atomic E-state index is 0.0200. The van der Waals surface area contributed by atoms with Crippen LogP contribution in [0.15, 0.2) is 60.0 Å². The lowest BCUT2D eigenvalue weighted by Gasteiger charge is -2.30. The van der Waals surface area contributed by atoms with Crippen molar-refractivity contribution < 1.29 is 9.53 Å². The standard InChI is InChI=1S/C23H24N2O2S/c1-27-21-9-5-2-6-17(21)10-11-23(26)24-19-7-3-4-8-20(19)25-14-12-22-18(16-25)13-15-28-22/h2-9,13,15H,10-12,14,16H2,1H3,(H,24,26). The first-order chi connectivity index (χ1) is 13.7. The largest absolute Gasteiger partial charge is 0.496 e. The molecule has 1 N–H and O–H groups in total. The molecule has 0 bridgehead atoms. The monoisotopic (exact) mass is 392 g/mol. The number of carbonyl (C=O) groups excluding carboxylic acids is 1. The maximum Gasteiger partial charge on any atom is 0.224 e. The number of rotatable bonds is 6. The third-order valence-corrected chi connectivity index (χ3v) is 6.16. The molecule has 1 aliphatic rings. The van der Waals surface area contributed by atoms with Gasteiger partial charge in [0.05, 0.1) is 18.5 Å². The van der Waals surface area contributed by atoms with Crippen LogP contribution in [0.3, 0.4) is 0 Å². The number of thiophene rings is 1. The molecule has 144 valence electrons. The Morgan fingerprint density at radius 1 is 1.14 bits per heavy atom. The Morgan fingerprint density at radius 3 is 2.86 bits per heavy atom. The van der Waals surface area contributed by atoms with E-state index in [-0.39, 0.29) is 5.91 Å². The van der Waals surface area contributed by atoms with Crippen LogP contribution in [0.5, 0.6) is 5.75 Å². The molecule has 0 unspecified atom stereocenters. The second kappa shape index (κ2) is 8.48. The van der Waals surface area contributed by atoms with Gasteiger partial charge in [-0.05, 0) is 53.6 Å². The summed E-state index contributed by atoms with van der Waals surface area (Å²) >= 11 is 1.84. The number of aryl methyl sites for hydroxylation is 1. The second-order valence-electron chi connectivity index (χ2n) is 6.92. The van der Waals surface area contributed by atoms with E-state index >= 15 is 0 Å². The van der Waals surface area contributed by atoms with E-state index in [9.17, 15) is 4.79 Å². The van der Waals surface area contributed by atoms with E-state index in [1.807, 2.05) is 53.8 Å². The highest BCUT2D eigenvalue weighted by Gasteiger charge is 2.20. The highest BCUT2D eigenvalue weighted by molar-refractivity contribution is 7.10. The zero-order chi connectivity index (χ0) is 19.3. The first kappa shape index (κ1) is 18.6. The third kappa shape index (κ3) is 4.04. The molecule has 1 amide bonds. The molecule has 0 saturated heterocycles. The summed E-state index contributed by atoms with van der Waals surface area (Å²) in [5, 5.41) is 5.28. The number of fused-ring (bicyclic) bond motifs is 1. The van der Waals surface area contributed by atoms with Crippen molar-refractivity contribution in [3.8, 4) is 5.75 Å². The van der Waals surface area contributed by atoms with E-state index in [1.165, 1.54) is 10.4 Å². The molecule has 28 heavy (non-hydrogen) atoms. The Kier molecular flexibility index (Phi) is 5.63. The molecule has 0 fully saturated rings. The molecule has 4 rings (SSSR count). The van der Waals surface area contributed by atoms with Crippen molar-refractivity contribution in [3.63, 3.8) is 0 Å². The number of methoxy groups -OCH3 is 1. The van der Waals surface area contributed by atoms with Crippen LogP contribution >= 0.6 is 11.3 Å². The quantitative estimate of drug-likeness (QED) is 0.649. The SMILES string of the molecule is COc1ccccc1CCC(=O)Nc1ccccc1N1CCc2sccc2C1. The highest BCUT2D eigenvalue weighted by atomic mass is 32.1. The number of amides is 1. The lowest BCUT2D eigenvalue weighted by molar-refractivity contribution is -0.116. The molecule has 1 aliphatic heterocycles. The van der Waals surface area contributed by atoms with Crippen LogP contribution in [0.1, 0.15) is 22.4 Å². The number of ether oxygens (including phenoxy) is 1. The van der Waals surface area contributed by atoms with Crippen molar-refractivity contribution >= 4 is 28.6 Å². The van der Waals surface area contributed by atoms with E-state index < -0.39 is 0 Å². The van der Waals surface area contributed by atoms with E-state index in [4.69, 9.17) is 4.74 Å². The molecule has 1 aromatic heterocycles. The van der Waals surface area contributed by atoms with Gasteiger partial charge in [0.25, 0.3) is 0 Å². The van der Waals surface area contributed by atoms with Crippen molar-refractivity contribution in [2.45, 2.75) is 25.8 Å². The van der Waals surface area contributed by atoms with Gasteiger partial charge < -0.3 is 15.0 Å². The summed E-state index contributed by atoms with van der Waals surface area (Å²) in [5.74, 6) is 0.849. The van der Waals surface area contributed by atoms with Gasteiger partial charge in [0, 0.05) is 24.4 Å². The van der Waals surface area contributed by atoms with E-state index in [2.05, 4.69) is 27.7 Å². The van der Waals surface area contributed by atoms with Gasteiger partial charge in [-0.3, -0.25) is 4.79 Å². The number of hydrogen-bond donors (Lipinski definition) is 1. The van der Waals surface area contributed by atoms with Crippen molar-refractivity contribution in [1.82, 2.24) is 0 Å². The second-order valence-corrected chi connectivity index (χ2v) is 7.92. The molecule has 0 saturated carbocycles. The molecule has 0 spiro atoms. The predicted molar refractivity (Wildman–Crippen MR) is 115 cm³/mol. The fourth-order valence-electron chi connectivity index (χ4n) is 3.68. The van der Waals surface area contributed by atoms with Crippen LogP contribution in [0.4, 0.5) is 11.4 Å². The molecule has 0 atom stereocenters. The molecule has 2 aromatic carbocycles. The summed E-state index contributed by atoms with van der Waals surface area (Å²) in [6, 6.07) is 18.1. The predicted octanol–water partition coefficient (Wildman–Crippen LogP) is 4.89. The number of nitrogens with one attached hydrogen (secondary N) is 1. The van der Waals surface area contributed by atoms with Gasteiger partial charge in [0.2, 0.25) is 5.91 Å². The maximum absolute atomic E-state index is 12.6. The molecule has 5 heteroatoms. The molecular weight excluding hydrogens is 368 g/mol. The van der Waals surface area contributed by atoms with Gasteiger partial charge >= 0.3 is 0 Å². The minimum Gasteiger partial charge on any atom is -0.496 e. The molecule has 4 nitrogen and oxygen atoms in total. The highest BCUT2D eigenvalue weighted by Crippen LogP contribution is 2.32. The first-order valence-corrected chi connectivity index (χ1v) is 10.4. The van der Waals surface area contributed by atoms with Crippen LogP contribution < -0.4 is 15.0 Å². The van der Waals surface area contributed by atoms with Crippen LogP contribution in [-0.2, 0) is 24.2 Å². The number of para-hydroxylation sites is 3. The average Bonchev–Trinajstić information content (AvgIpc) is 3.20. The van der Waals surface area contributed by atoms with Crippen molar-refractivity contribution in [1.29, 1.82) is 0 Å². The van der Waals surface area contributed by atoms with Crippen molar-refractivity contribution in [2.75, 3.05) is 23.9 Å². The molecular formula is C23H24N2O2S. The zero-order valence-electron chi connectivity index (χ0n) is 16.0. The Labute approximate surface area is 169 Å². The van der Waals surface area contributed by atoms with Crippen LogP contribution in [0, 0.1) is 0 Å². The van der Waals surface area contributed by atoms with Crippen LogP contribution in [-0.4, -0.2) is 19.6 Å². The zero-order valence-corrected chi connectivity index (χ0v) is 16.8. The maximum atomic E-state index is 12.6. The van der Waals surface area contributed by atoms with Crippen LogP contribution in [0.25, 0.3) is 0 Å². The van der Waals surface area contributed by atoms with Crippen molar-refractivity contribution in [3.05, 3.63) is 76.0 Å². The number of benzene rings is 2. The van der Waals surface area contributed by atoms with Gasteiger partial charge in [0.1, 0.15) is 5.75 Å². The smallest absolute Gasteiger partial charge is 0.224 e. The minimum absolute atomic E-state index is 0.0200. The number of anilines is 2. The Hall–Kier alpha value is -2.79. The summed E-state index contributed by atoms with van der Waals surface area (Å²) < 4.78 is 5.38. The first-order valence-electron chi connectivity index (χ1n) is 9.55. The average molecular weight is 393 g/mol. The Morgan fingerprint density at radius 2 is 1.96 bits per heavy atom. The summed E-state index contributed by atoms with van der Waals surface area (Å²) in [6.45, 7) is 1.87. The molecule has 0 radical (unpaired) electrons. The van der Waals surface area contributed by atoms with Crippen LogP contribution in [0.2, 0.25) is 0 Å². The summed E-state index contributed by atoms with van der Waals surface area (Å²) in [4.78, 5) is 16.4. The van der Waals surface area contributed by atoms with Gasteiger partial charge in [0.15, 0.2) is 0 Å². The van der Waals surface area contributed by atoms with E-state index in [0.29, 0.717) is 12.8 Å². The lowest BCUT2D eigenvalue weighted by atomic mass is 10.1. The number of hydrogen-bond acceptors (Lipinski definition) is 4. The summed E-state index contributed by atoms with van der Waals surface area (Å²) in [6.07, 6.45) is 2.13. The number of carbonyl (C=O) groups is 1. The van der Waals surface area contributed by atoms with Gasteiger partial charge in [-0.2, -0.15) is 0 Å². The molecule has 3 aromatic rings. The lowest BCUT2D eigenvalue weighted by Crippen LogP contribution is -2.30. The Bertz CT molecular complexity index is 966. The fourth-order valence-corrected chi connectivity index (χ4v) is 4.57. The topological polar surface area (TPSA) is 41.6 Å². The summed E-state index contributed by atoms with van der Waals surface area (Å²) in [7, 11) is 1.66. The fraction of sp³-hybridized carbons (Fsp3) is 0.261. The normalized spacial score (nSPS) is 13.1. The third-order valence-electron chi connectivity index (χ3n) is 5.14. The molecule has 2 heterocycles. The van der Waals surface area contributed by atoms with Crippen molar-refractivity contribution in [2.24, 2.45) is 0 Å². The molecule has 0 aliphatic carbocycles. The van der Waals surface area contributed by atoms with E-state index in [1.54, 1.807) is 7.11 Å². The summed E-state index contributed by atoms with van der Waals surface area (Å²) in [5.41, 5.74) is 4.42. The van der Waals surface area contributed by atoms with Gasteiger partial charge in [-0.25, -0.2) is 0 Å².